The number of hydrogen-bond acceptors (Lipinski definition) is 2. The van der Waals surface area contributed by atoms with Gasteiger partial charge in [0.25, 0.3) is 0 Å². The summed E-state index contributed by atoms with van der Waals surface area (Å²) in [6.45, 7) is 6.07. The fraction of sp³-hybridized carbons (Fsp3) is 0.308. The van der Waals surface area contributed by atoms with E-state index in [4.69, 9.17) is 0 Å². The molecule has 1 aromatic heterocycles. The van der Waals surface area contributed by atoms with E-state index in [1.807, 2.05) is 55.8 Å². The lowest BCUT2D eigenvalue weighted by Crippen LogP contribution is -2.28. The van der Waals surface area contributed by atoms with Crippen molar-refractivity contribution in [2.75, 3.05) is 0 Å². The summed E-state index contributed by atoms with van der Waals surface area (Å²) < 4.78 is 15.4. The van der Waals surface area contributed by atoms with Crippen LogP contribution in [0, 0.1) is 0 Å². The van der Waals surface area contributed by atoms with E-state index in [0.717, 1.165) is 11.0 Å². The van der Waals surface area contributed by atoms with Crippen LogP contribution in [0.1, 0.15) is 20.8 Å². The second-order valence-electron chi connectivity index (χ2n) is 5.37. The van der Waals surface area contributed by atoms with Crippen LogP contribution in [0.2, 0.25) is 0 Å². The van der Waals surface area contributed by atoms with Crippen LogP contribution in [-0.4, -0.2) is 14.7 Å². The fourth-order valence-corrected chi connectivity index (χ4v) is 5.47. The average molecular weight is 246 g/mol. The van der Waals surface area contributed by atoms with Crippen LogP contribution in [0.25, 0.3) is 5.69 Å². The first-order valence-corrected chi connectivity index (χ1v) is 7.41. The van der Waals surface area contributed by atoms with Crippen molar-refractivity contribution in [2.24, 2.45) is 0 Å². The molecule has 0 fully saturated rings. The molecule has 3 rings (SSSR count). The van der Waals surface area contributed by atoms with E-state index in [-0.39, 0.29) is 5.16 Å². The summed E-state index contributed by atoms with van der Waals surface area (Å²) in [5, 5.41) is 0.638. The highest BCUT2D eigenvalue weighted by Gasteiger charge is 2.48. The Hall–Kier alpha value is -1.34. The molecule has 0 saturated heterocycles. The second-order valence-corrected chi connectivity index (χ2v) is 8.81. The summed E-state index contributed by atoms with van der Waals surface area (Å²) >= 11 is 0. The summed E-state index contributed by atoms with van der Waals surface area (Å²) in [4.78, 5) is 4.33. The minimum Gasteiger partial charge on any atom is -0.310 e. The number of rotatable bonds is 0. The smallest absolute Gasteiger partial charge is 0.184 e. The molecule has 2 heterocycles. The standard InChI is InChI=1S/C13H15N2OP/c1-13(2,3)17(16)11-7-5-4-6-10(11)15-9-8-14-12(15)17/h4-9H,1-3H3/t17-/m0/s1. The maximum Gasteiger partial charge on any atom is 0.184 e. The third-order valence-corrected chi connectivity index (χ3v) is 7.17. The minimum absolute atomic E-state index is 0.303. The van der Waals surface area contributed by atoms with Gasteiger partial charge in [-0.3, -0.25) is 4.57 Å². The highest BCUT2D eigenvalue weighted by Crippen LogP contribution is 2.58. The molecule has 0 saturated carbocycles. The molecule has 0 N–H and O–H groups in total. The summed E-state index contributed by atoms with van der Waals surface area (Å²) in [5.74, 6) is 0. The van der Waals surface area contributed by atoms with E-state index in [0.29, 0.717) is 5.57 Å². The number of fused-ring (bicyclic) bond motifs is 3. The molecule has 2 aromatic rings. The maximum atomic E-state index is 13.5. The fourth-order valence-electron chi connectivity index (χ4n) is 2.42. The molecule has 1 atom stereocenters. The molecule has 4 heteroatoms. The van der Waals surface area contributed by atoms with Gasteiger partial charge in [-0.25, -0.2) is 4.98 Å². The van der Waals surface area contributed by atoms with E-state index in [2.05, 4.69) is 4.98 Å². The molecule has 1 aliphatic rings. The molecule has 1 aliphatic heterocycles. The van der Waals surface area contributed by atoms with Crippen LogP contribution >= 0.6 is 7.14 Å². The Kier molecular flexibility index (Phi) is 1.97. The molecule has 0 aliphatic carbocycles. The number of aromatic nitrogens is 2. The summed E-state index contributed by atoms with van der Waals surface area (Å²) in [7, 11) is -2.63. The monoisotopic (exact) mass is 246 g/mol. The Balaban J connectivity index is 2.44. The Bertz CT molecular complexity index is 637. The Morgan fingerprint density at radius 1 is 1.24 bits per heavy atom. The quantitative estimate of drug-likeness (QED) is 0.668. The topological polar surface area (TPSA) is 34.9 Å². The first-order valence-electron chi connectivity index (χ1n) is 5.70. The van der Waals surface area contributed by atoms with Crippen LogP contribution in [-0.2, 0) is 4.57 Å². The number of benzene rings is 1. The molecule has 0 spiro atoms. The summed E-state index contributed by atoms with van der Waals surface area (Å²) in [6.07, 6.45) is 3.61. The molecule has 88 valence electrons. The van der Waals surface area contributed by atoms with Gasteiger partial charge in [-0.05, 0) is 12.1 Å². The van der Waals surface area contributed by atoms with Gasteiger partial charge >= 0.3 is 0 Å². The van der Waals surface area contributed by atoms with Crippen molar-refractivity contribution in [3.63, 3.8) is 0 Å². The van der Waals surface area contributed by atoms with Crippen molar-refractivity contribution >= 4 is 18.0 Å². The molecule has 17 heavy (non-hydrogen) atoms. The Morgan fingerprint density at radius 2 is 1.94 bits per heavy atom. The number of para-hydroxylation sites is 1. The molecule has 0 bridgehead atoms. The zero-order valence-corrected chi connectivity index (χ0v) is 11.1. The van der Waals surface area contributed by atoms with Crippen molar-refractivity contribution in [1.29, 1.82) is 0 Å². The lowest BCUT2D eigenvalue weighted by Gasteiger charge is -2.27. The molecular formula is C13H15N2OP. The van der Waals surface area contributed by atoms with E-state index < -0.39 is 7.14 Å². The third-order valence-electron chi connectivity index (χ3n) is 3.33. The summed E-state index contributed by atoms with van der Waals surface area (Å²) in [6, 6.07) is 7.90. The van der Waals surface area contributed by atoms with E-state index in [1.165, 1.54) is 0 Å². The van der Waals surface area contributed by atoms with Crippen LogP contribution in [0.5, 0.6) is 0 Å². The molecule has 1 aromatic carbocycles. The van der Waals surface area contributed by atoms with Crippen LogP contribution in [0.4, 0.5) is 0 Å². The van der Waals surface area contributed by atoms with E-state index >= 15 is 0 Å². The molecule has 0 unspecified atom stereocenters. The van der Waals surface area contributed by atoms with Gasteiger partial charge in [0.2, 0.25) is 0 Å². The van der Waals surface area contributed by atoms with Crippen molar-refractivity contribution in [3.8, 4) is 5.69 Å². The van der Waals surface area contributed by atoms with E-state index in [1.54, 1.807) is 6.20 Å². The lowest BCUT2D eigenvalue weighted by molar-refractivity contribution is 0.563. The number of hydrogen-bond donors (Lipinski definition) is 0. The van der Waals surface area contributed by atoms with Crippen molar-refractivity contribution < 1.29 is 4.57 Å². The SMILES string of the molecule is CC(C)(C)[P@]1(=O)c2ccccc2-n2ccnc21. The number of imidazole rings is 1. The Morgan fingerprint density at radius 3 is 2.65 bits per heavy atom. The van der Waals surface area contributed by atoms with Gasteiger partial charge in [0.05, 0.1) is 5.69 Å². The maximum absolute atomic E-state index is 13.5. The molecule has 0 radical (unpaired) electrons. The van der Waals surface area contributed by atoms with Gasteiger partial charge in [0, 0.05) is 22.9 Å². The van der Waals surface area contributed by atoms with Crippen molar-refractivity contribution in [2.45, 2.75) is 25.9 Å². The minimum atomic E-state index is -2.63. The van der Waals surface area contributed by atoms with E-state index in [9.17, 15) is 4.57 Å². The zero-order valence-electron chi connectivity index (χ0n) is 10.2. The lowest BCUT2D eigenvalue weighted by atomic mass is 10.3. The number of nitrogens with zero attached hydrogens (tertiary/aromatic N) is 2. The van der Waals surface area contributed by atoms with Gasteiger partial charge in [0.15, 0.2) is 12.7 Å². The largest absolute Gasteiger partial charge is 0.310 e. The zero-order chi connectivity index (χ0) is 12.3. The summed E-state index contributed by atoms with van der Waals surface area (Å²) in [5.41, 5.74) is 1.73. The average Bonchev–Trinajstić information content (AvgIpc) is 2.82. The van der Waals surface area contributed by atoms with Gasteiger partial charge in [-0.15, -0.1) is 0 Å². The van der Waals surface area contributed by atoms with Gasteiger partial charge in [-0.2, -0.15) is 0 Å². The van der Waals surface area contributed by atoms with Gasteiger partial charge < -0.3 is 4.57 Å². The first-order chi connectivity index (χ1) is 7.96. The molecule has 0 amide bonds. The van der Waals surface area contributed by atoms with Crippen molar-refractivity contribution in [3.05, 3.63) is 36.7 Å². The normalized spacial score (nSPS) is 22.3. The predicted octanol–water partition coefficient (Wildman–Crippen LogP) is 2.30. The molecule has 3 nitrogen and oxygen atoms in total. The van der Waals surface area contributed by atoms with Crippen LogP contribution in [0.15, 0.2) is 36.7 Å². The second kappa shape index (κ2) is 3.11. The first kappa shape index (κ1) is 10.8. The third kappa shape index (κ3) is 1.18. The highest BCUT2D eigenvalue weighted by molar-refractivity contribution is 7.80. The van der Waals surface area contributed by atoms with Crippen LogP contribution in [0.3, 0.4) is 0 Å². The highest BCUT2D eigenvalue weighted by atomic mass is 31.2. The van der Waals surface area contributed by atoms with Crippen LogP contribution < -0.4 is 10.9 Å². The van der Waals surface area contributed by atoms with Gasteiger partial charge in [0.1, 0.15) is 0 Å². The predicted molar refractivity (Wildman–Crippen MR) is 70.2 cm³/mol. The van der Waals surface area contributed by atoms with Crippen molar-refractivity contribution in [1.82, 2.24) is 9.55 Å². The molecular weight excluding hydrogens is 231 g/mol. The van der Waals surface area contributed by atoms with Gasteiger partial charge in [-0.1, -0.05) is 32.9 Å². The Labute approximate surface area is 101 Å².